The van der Waals surface area contributed by atoms with Crippen LogP contribution in [0.25, 0.3) is 0 Å². The monoisotopic (exact) mass is 333 g/mol. The molecule has 5 nitrogen and oxygen atoms in total. The molecule has 0 aromatic carbocycles. The van der Waals surface area contributed by atoms with Crippen LogP contribution in [0.4, 0.5) is 0 Å². The topological polar surface area (TPSA) is 63.5 Å². The molecule has 24 heavy (non-hydrogen) atoms. The third-order valence-electron chi connectivity index (χ3n) is 5.51. The van der Waals surface area contributed by atoms with Crippen molar-refractivity contribution in [1.82, 2.24) is 0 Å². The molecular formula is C19H26NO4+. The van der Waals surface area contributed by atoms with Gasteiger partial charge in [-0.15, -0.1) is 0 Å². The van der Waals surface area contributed by atoms with Crippen molar-refractivity contribution < 1.29 is 20.5 Å². The highest BCUT2D eigenvalue weighted by atomic mass is 16.5. The summed E-state index contributed by atoms with van der Waals surface area (Å²) in [7, 11) is 0. The molecule has 1 fully saturated rings. The van der Waals surface area contributed by atoms with Crippen LogP contribution in [0.3, 0.4) is 0 Å². The average Bonchev–Trinajstić information content (AvgIpc) is 2.95. The maximum Gasteiger partial charge on any atom is 0.310 e. The first-order chi connectivity index (χ1) is 11.7. The van der Waals surface area contributed by atoms with Gasteiger partial charge in [-0.2, -0.15) is 0 Å². The van der Waals surface area contributed by atoms with Gasteiger partial charge >= 0.3 is 12.0 Å². The number of hydrogen-bond donors (Lipinski definition) is 0. The van der Waals surface area contributed by atoms with E-state index in [9.17, 15) is 14.5 Å². The van der Waals surface area contributed by atoms with E-state index in [0.29, 0.717) is 28.9 Å². The highest BCUT2D eigenvalue weighted by Gasteiger charge is 2.61. The van der Waals surface area contributed by atoms with Crippen molar-refractivity contribution in [2.75, 3.05) is 6.58 Å². The van der Waals surface area contributed by atoms with E-state index >= 15 is 0 Å². The number of esters is 1. The molecule has 5 heteroatoms. The number of carbonyl (C=O) groups is 2. The van der Waals surface area contributed by atoms with Crippen molar-refractivity contribution in [2.24, 2.45) is 17.3 Å². The standard InChI is InChI=1S/C19H26NO4/c1-11(2)9-13-16(19(13,3)4)18(22)24-10-15-17(21)12-7-5-6-8-14(12)20(15)23/h9,13,15-16H,5-8,10H2,1-4H3/q+1/i10D. The highest BCUT2D eigenvalue weighted by molar-refractivity contribution is 6.01. The predicted molar refractivity (Wildman–Crippen MR) is 89.1 cm³/mol. The summed E-state index contributed by atoms with van der Waals surface area (Å²) in [6.07, 6.45) is 4.96. The Labute approximate surface area is 144 Å². The van der Waals surface area contributed by atoms with Crippen molar-refractivity contribution >= 4 is 11.8 Å². The molecule has 0 amide bonds. The summed E-state index contributed by atoms with van der Waals surface area (Å²) in [5.41, 5.74) is 1.93. The molecule has 4 atom stereocenters. The number of rotatable bonds is 4. The Morgan fingerprint density at radius 2 is 2.04 bits per heavy atom. The summed E-state index contributed by atoms with van der Waals surface area (Å²) in [4.78, 5) is 37.4. The van der Waals surface area contributed by atoms with E-state index in [0.717, 1.165) is 18.4 Å². The van der Waals surface area contributed by atoms with Crippen LogP contribution in [-0.4, -0.2) is 29.1 Å². The highest BCUT2D eigenvalue weighted by Crippen LogP contribution is 2.59. The van der Waals surface area contributed by atoms with Crippen molar-refractivity contribution in [2.45, 2.75) is 59.4 Å². The number of ketones is 1. The molecule has 3 aliphatic rings. The number of nitroso groups, excluding NO2 is 1. The largest absolute Gasteiger partial charge is 0.458 e. The minimum absolute atomic E-state index is 0.0752. The lowest BCUT2D eigenvalue weighted by Crippen LogP contribution is -2.32. The lowest BCUT2D eigenvalue weighted by Gasteiger charge is -2.06. The molecule has 0 aromatic heterocycles. The van der Waals surface area contributed by atoms with Crippen molar-refractivity contribution in [3.05, 3.63) is 27.8 Å². The molecule has 1 saturated carbocycles. The molecule has 1 aliphatic heterocycles. The number of nitrogens with zero attached hydrogens (tertiary/aromatic N) is 1. The van der Waals surface area contributed by atoms with Crippen LogP contribution in [-0.2, 0) is 14.3 Å². The SMILES string of the molecule is [2H]C(OC(=O)C1C(C=C(C)C)C1(C)C)C1C(=O)C2=C(CCCC2)[N+]1=O. The first-order valence-corrected chi connectivity index (χ1v) is 8.66. The molecule has 0 radical (unpaired) electrons. The molecule has 2 aliphatic carbocycles. The van der Waals surface area contributed by atoms with Gasteiger partial charge in [0, 0.05) is 16.1 Å². The summed E-state index contributed by atoms with van der Waals surface area (Å²) in [5, 5.41) is 0. The molecular weight excluding hydrogens is 306 g/mol. The number of hydrogen-bond acceptors (Lipinski definition) is 4. The van der Waals surface area contributed by atoms with E-state index in [1.54, 1.807) is 0 Å². The van der Waals surface area contributed by atoms with Gasteiger partial charge in [-0.25, -0.2) is 0 Å². The smallest absolute Gasteiger partial charge is 0.310 e. The molecule has 0 aromatic rings. The second kappa shape index (κ2) is 5.94. The number of Topliss-reactive ketones (excluding diaryl/α,β-unsaturated/α-hetero) is 1. The second-order valence-electron chi connectivity index (χ2n) is 7.91. The maximum absolute atomic E-state index is 12.5. The fourth-order valence-corrected chi connectivity index (χ4v) is 3.97. The minimum Gasteiger partial charge on any atom is -0.458 e. The molecule has 1 heterocycles. The molecule has 3 rings (SSSR count). The lowest BCUT2D eigenvalue weighted by molar-refractivity contribution is -0.523. The second-order valence-corrected chi connectivity index (χ2v) is 7.91. The zero-order chi connectivity index (χ0) is 18.5. The number of allylic oxidation sites excluding steroid dienone is 3. The average molecular weight is 333 g/mol. The van der Waals surface area contributed by atoms with Crippen LogP contribution in [0.2, 0.25) is 0 Å². The first kappa shape index (κ1) is 15.7. The third kappa shape index (κ3) is 2.74. The van der Waals surface area contributed by atoms with Crippen molar-refractivity contribution in [3.63, 3.8) is 0 Å². The van der Waals surface area contributed by atoms with Gasteiger partial charge in [0.1, 0.15) is 0 Å². The number of ether oxygens (including phenoxy) is 1. The molecule has 4 unspecified atom stereocenters. The van der Waals surface area contributed by atoms with Gasteiger partial charge in [0.2, 0.25) is 11.5 Å². The van der Waals surface area contributed by atoms with E-state index in [-0.39, 0.29) is 23.0 Å². The van der Waals surface area contributed by atoms with E-state index in [4.69, 9.17) is 6.11 Å². The van der Waals surface area contributed by atoms with Gasteiger partial charge in [0.05, 0.1) is 12.9 Å². The Morgan fingerprint density at radius 1 is 1.38 bits per heavy atom. The predicted octanol–water partition coefficient (Wildman–Crippen LogP) is 3.33. The van der Waals surface area contributed by atoms with E-state index < -0.39 is 18.6 Å². The number of carbonyl (C=O) groups excluding carboxylic acids is 2. The van der Waals surface area contributed by atoms with Gasteiger partial charge in [-0.1, -0.05) is 25.5 Å². The van der Waals surface area contributed by atoms with Crippen LogP contribution >= 0.6 is 0 Å². The normalized spacial score (nSPS) is 32.8. The molecule has 0 bridgehead atoms. The lowest BCUT2D eigenvalue weighted by atomic mass is 9.95. The Balaban J connectivity index is 1.68. The first-order valence-electron chi connectivity index (χ1n) is 9.24. The minimum atomic E-state index is -1.48. The fourth-order valence-electron chi connectivity index (χ4n) is 3.97. The summed E-state index contributed by atoms with van der Waals surface area (Å²) in [5.74, 6) is -1.08. The summed E-state index contributed by atoms with van der Waals surface area (Å²) >= 11 is 0. The van der Waals surface area contributed by atoms with Gasteiger partial charge < -0.3 is 4.74 Å². The van der Waals surface area contributed by atoms with E-state index in [1.165, 1.54) is 0 Å². The Bertz CT molecular complexity index is 674. The van der Waals surface area contributed by atoms with Crippen molar-refractivity contribution in [1.29, 1.82) is 0 Å². The van der Waals surface area contributed by atoms with Gasteiger partial charge in [-0.05, 0) is 44.4 Å². The zero-order valence-electron chi connectivity index (χ0n) is 15.8. The van der Waals surface area contributed by atoms with Crippen LogP contribution in [0.15, 0.2) is 22.9 Å². The van der Waals surface area contributed by atoms with Crippen molar-refractivity contribution in [3.8, 4) is 0 Å². The Morgan fingerprint density at radius 3 is 2.67 bits per heavy atom. The zero-order valence-corrected chi connectivity index (χ0v) is 14.8. The Kier molecular flexibility index (Phi) is 3.89. The molecule has 0 N–H and O–H groups in total. The van der Waals surface area contributed by atoms with Crippen LogP contribution < -0.4 is 0 Å². The van der Waals surface area contributed by atoms with Crippen LogP contribution in [0, 0.1) is 22.2 Å². The van der Waals surface area contributed by atoms with Crippen LogP contribution in [0.5, 0.6) is 0 Å². The van der Waals surface area contributed by atoms with Crippen LogP contribution in [0.1, 0.15) is 54.7 Å². The summed E-state index contributed by atoms with van der Waals surface area (Å²) in [6, 6.07) is -1.24. The van der Waals surface area contributed by atoms with Gasteiger partial charge in [0.15, 0.2) is 6.58 Å². The van der Waals surface area contributed by atoms with Gasteiger partial charge in [0.25, 0.3) is 0 Å². The third-order valence-corrected chi connectivity index (χ3v) is 5.51. The quantitative estimate of drug-likeness (QED) is 0.450. The molecule has 130 valence electrons. The summed E-state index contributed by atoms with van der Waals surface area (Å²) in [6.45, 7) is 6.46. The summed E-state index contributed by atoms with van der Waals surface area (Å²) < 4.78 is 14.0. The molecule has 0 spiro atoms. The van der Waals surface area contributed by atoms with E-state index in [2.05, 4.69) is 0 Å². The molecule has 0 saturated heterocycles. The fraction of sp³-hybridized carbons (Fsp3) is 0.684. The van der Waals surface area contributed by atoms with Gasteiger partial charge in [-0.3, -0.25) is 9.59 Å². The maximum atomic E-state index is 12.5. The Hall–Kier alpha value is -1.78. The van der Waals surface area contributed by atoms with E-state index in [1.807, 2.05) is 33.8 Å².